The van der Waals surface area contributed by atoms with Crippen molar-refractivity contribution in [1.29, 1.82) is 0 Å². The Kier molecular flexibility index (Phi) is 5.27. The Morgan fingerprint density at radius 3 is 2.52 bits per heavy atom. The fourth-order valence-electron chi connectivity index (χ4n) is 3.84. The smallest absolute Gasteiger partial charge is 0.0922 e. The summed E-state index contributed by atoms with van der Waals surface area (Å²) in [6, 6.07) is 0. The van der Waals surface area contributed by atoms with Gasteiger partial charge in [-0.25, -0.2) is 4.98 Å². The lowest BCUT2D eigenvalue weighted by Crippen LogP contribution is -2.34. The molecular formula is C16H28N4O. The second kappa shape index (κ2) is 7.38. The molecule has 0 bridgehead atoms. The number of rotatable bonds is 5. The van der Waals surface area contributed by atoms with Gasteiger partial charge in [-0.05, 0) is 37.8 Å². The average molecular weight is 292 g/mol. The Morgan fingerprint density at radius 1 is 1.10 bits per heavy atom. The molecule has 0 spiro atoms. The summed E-state index contributed by atoms with van der Waals surface area (Å²) in [4.78, 5) is 12.3. The summed E-state index contributed by atoms with van der Waals surface area (Å²) in [5.41, 5.74) is 1.17. The first-order valence-corrected chi connectivity index (χ1v) is 8.38. The summed E-state index contributed by atoms with van der Waals surface area (Å²) in [5, 5.41) is 9.70. The van der Waals surface area contributed by atoms with Crippen LogP contribution < -0.4 is 0 Å². The summed E-state index contributed by atoms with van der Waals surface area (Å²) in [7, 11) is 0. The average Bonchev–Trinajstić information content (AvgIpc) is 3.04. The summed E-state index contributed by atoms with van der Waals surface area (Å²) in [6.07, 6.45) is 9.09. The number of aliphatic hydroxyl groups is 1. The molecule has 5 nitrogen and oxygen atoms in total. The molecule has 21 heavy (non-hydrogen) atoms. The molecule has 2 fully saturated rings. The predicted molar refractivity (Wildman–Crippen MR) is 82.8 cm³/mol. The minimum atomic E-state index is 0.317. The molecule has 0 aliphatic carbocycles. The lowest BCUT2D eigenvalue weighted by molar-refractivity contribution is 0.165. The van der Waals surface area contributed by atoms with Crippen molar-refractivity contribution in [2.24, 2.45) is 11.8 Å². The zero-order valence-corrected chi connectivity index (χ0v) is 12.9. The fourth-order valence-corrected chi connectivity index (χ4v) is 3.84. The van der Waals surface area contributed by atoms with Crippen LogP contribution in [0, 0.1) is 11.8 Å². The minimum absolute atomic E-state index is 0.317. The Balaban J connectivity index is 1.53. The van der Waals surface area contributed by atoms with E-state index >= 15 is 0 Å². The van der Waals surface area contributed by atoms with Gasteiger partial charge in [0, 0.05) is 44.7 Å². The fraction of sp³-hybridized carbons (Fsp3) is 0.812. The van der Waals surface area contributed by atoms with Gasteiger partial charge in [-0.1, -0.05) is 12.8 Å². The van der Waals surface area contributed by atoms with Crippen LogP contribution in [-0.2, 0) is 6.54 Å². The quantitative estimate of drug-likeness (QED) is 0.859. The molecule has 118 valence electrons. The van der Waals surface area contributed by atoms with Crippen LogP contribution in [0.25, 0.3) is 0 Å². The third-order valence-electron chi connectivity index (χ3n) is 5.03. The third-order valence-corrected chi connectivity index (χ3v) is 5.03. The van der Waals surface area contributed by atoms with Gasteiger partial charge in [-0.3, -0.25) is 4.90 Å². The highest BCUT2D eigenvalue weighted by Gasteiger charge is 2.33. The number of aliphatic hydroxyl groups excluding tert-OH is 1. The van der Waals surface area contributed by atoms with E-state index in [1.807, 2.05) is 6.20 Å². The Bertz CT molecular complexity index is 400. The van der Waals surface area contributed by atoms with Crippen LogP contribution >= 0.6 is 0 Å². The number of aromatic nitrogens is 2. The molecule has 2 aliphatic heterocycles. The second-order valence-corrected chi connectivity index (χ2v) is 6.69. The minimum Gasteiger partial charge on any atom is -0.396 e. The third kappa shape index (κ3) is 4.05. The maximum Gasteiger partial charge on any atom is 0.0922 e. The molecule has 2 aliphatic rings. The standard InChI is InChI=1S/C16H28N4O/c21-12-15-10-20(11-16-7-17-13-18-16)9-14(15)8-19-5-3-1-2-4-6-19/h7,13-15,21H,1-6,8-12H2,(H,17,18)/t14-,15-/m1/s1. The van der Waals surface area contributed by atoms with Crippen LogP contribution in [0.15, 0.2) is 12.5 Å². The first-order chi connectivity index (χ1) is 10.3. The van der Waals surface area contributed by atoms with Gasteiger partial charge < -0.3 is 15.0 Å². The molecule has 3 rings (SSSR count). The predicted octanol–water partition coefficient (Wildman–Crippen LogP) is 1.33. The molecular weight excluding hydrogens is 264 g/mol. The number of hydrogen-bond donors (Lipinski definition) is 2. The summed E-state index contributed by atoms with van der Waals surface area (Å²) in [5.74, 6) is 1.03. The molecule has 1 aromatic rings. The number of imidazole rings is 1. The first kappa shape index (κ1) is 15.0. The monoisotopic (exact) mass is 292 g/mol. The lowest BCUT2D eigenvalue weighted by atomic mass is 9.96. The van der Waals surface area contributed by atoms with Crippen molar-refractivity contribution in [1.82, 2.24) is 19.8 Å². The van der Waals surface area contributed by atoms with E-state index in [2.05, 4.69) is 19.8 Å². The Hall–Kier alpha value is -0.910. The molecule has 0 unspecified atom stereocenters. The van der Waals surface area contributed by atoms with Crippen molar-refractivity contribution in [3.05, 3.63) is 18.2 Å². The lowest BCUT2D eigenvalue weighted by Gasteiger charge is -2.26. The van der Waals surface area contributed by atoms with Crippen LogP contribution in [0.3, 0.4) is 0 Å². The van der Waals surface area contributed by atoms with E-state index in [1.165, 1.54) is 44.5 Å². The van der Waals surface area contributed by atoms with E-state index in [0.717, 1.165) is 26.2 Å². The second-order valence-electron chi connectivity index (χ2n) is 6.69. The largest absolute Gasteiger partial charge is 0.396 e. The zero-order chi connectivity index (χ0) is 14.5. The number of H-pyrrole nitrogens is 1. The molecule has 0 saturated carbocycles. The van der Waals surface area contributed by atoms with E-state index in [-0.39, 0.29) is 0 Å². The highest BCUT2D eigenvalue weighted by molar-refractivity contribution is 4.96. The van der Waals surface area contributed by atoms with E-state index in [1.54, 1.807) is 6.33 Å². The van der Waals surface area contributed by atoms with Gasteiger partial charge in [0.15, 0.2) is 0 Å². The first-order valence-electron chi connectivity index (χ1n) is 8.38. The van der Waals surface area contributed by atoms with Gasteiger partial charge in [0.25, 0.3) is 0 Å². The molecule has 0 amide bonds. The van der Waals surface area contributed by atoms with Crippen LogP contribution in [-0.4, -0.2) is 64.2 Å². The van der Waals surface area contributed by atoms with Gasteiger partial charge in [0.2, 0.25) is 0 Å². The molecule has 2 atom stereocenters. The maximum atomic E-state index is 9.70. The molecule has 3 heterocycles. The van der Waals surface area contributed by atoms with Crippen LogP contribution in [0.2, 0.25) is 0 Å². The number of nitrogens with zero attached hydrogens (tertiary/aromatic N) is 3. The molecule has 2 N–H and O–H groups in total. The van der Waals surface area contributed by atoms with E-state index in [0.29, 0.717) is 18.4 Å². The maximum absolute atomic E-state index is 9.70. The molecule has 1 aromatic heterocycles. The molecule has 0 radical (unpaired) electrons. The topological polar surface area (TPSA) is 55.4 Å². The van der Waals surface area contributed by atoms with Crippen LogP contribution in [0.4, 0.5) is 0 Å². The van der Waals surface area contributed by atoms with Crippen molar-refractivity contribution in [2.75, 3.05) is 39.3 Å². The van der Waals surface area contributed by atoms with Crippen molar-refractivity contribution in [2.45, 2.75) is 32.2 Å². The zero-order valence-electron chi connectivity index (χ0n) is 12.9. The van der Waals surface area contributed by atoms with Crippen LogP contribution in [0.1, 0.15) is 31.4 Å². The number of likely N-dealkylation sites (tertiary alicyclic amines) is 2. The summed E-state index contributed by atoms with van der Waals surface area (Å²) in [6.45, 7) is 6.99. The van der Waals surface area contributed by atoms with Crippen molar-refractivity contribution in [3.8, 4) is 0 Å². The van der Waals surface area contributed by atoms with Gasteiger partial charge in [-0.15, -0.1) is 0 Å². The molecule has 5 heteroatoms. The van der Waals surface area contributed by atoms with E-state index in [9.17, 15) is 5.11 Å². The van der Waals surface area contributed by atoms with E-state index < -0.39 is 0 Å². The van der Waals surface area contributed by atoms with Crippen LogP contribution in [0.5, 0.6) is 0 Å². The van der Waals surface area contributed by atoms with Gasteiger partial charge in [0.05, 0.1) is 6.33 Å². The van der Waals surface area contributed by atoms with Crippen molar-refractivity contribution >= 4 is 0 Å². The summed E-state index contributed by atoms with van der Waals surface area (Å²) >= 11 is 0. The Labute approximate surface area is 127 Å². The number of aromatic amines is 1. The van der Waals surface area contributed by atoms with Crippen molar-refractivity contribution < 1.29 is 5.11 Å². The summed E-state index contributed by atoms with van der Waals surface area (Å²) < 4.78 is 0. The highest BCUT2D eigenvalue weighted by atomic mass is 16.3. The van der Waals surface area contributed by atoms with Crippen molar-refractivity contribution in [3.63, 3.8) is 0 Å². The normalized spacial score (nSPS) is 28.8. The molecule has 2 saturated heterocycles. The van der Waals surface area contributed by atoms with E-state index in [4.69, 9.17) is 0 Å². The van der Waals surface area contributed by atoms with Gasteiger partial charge in [-0.2, -0.15) is 0 Å². The Morgan fingerprint density at radius 2 is 1.86 bits per heavy atom. The number of hydrogen-bond acceptors (Lipinski definition) is 4. The van der Waals surface area contributed by atoms with Gasteiger partial charge >= 0.3 is 0 Å². The van der Waals surface area contributed by atoms with Gasteiger partial charge in [0.1, 0.15) is 0 Å². The SMILES string of the molecule is OC[C@H]1CN(Cc2cnc[nH]2)C[C@H]1CN1CCCCCC1. The molecule has 0 aromatic carbocycles. The highest BCUT2D eigenvalue weighted by Crippen LogP contribution is 2.26. The number of nitrogens with one attached hydrogen (secondary N) is 1.